The number of carbonyl (C=O) groups excluding carboxylic acids is 2. The van der Waals surface area contributed by atoms with Crippen molar-refractivity contribution in [1.29, 1.82) is 0 Å². The number of nitrogens with one attached hydrogen (secondary N) is 1. The van der Waals surface area contributed by atoms with Crippen molar-refractivity contribution >= 4 is 29.8 Å². The van der Waals surface area contributed by atoms with E-state index in [-0.39, 0.29) is 0 Å². The van der Waals surface area contributed by atoms with Crippen molar-refractivity contribution in [1.82, 2.24) is 10.3 Å². The Hall–Kier alpha value is -1.69. The average Bonchev–Trinajstić information content (AvgIpc) is 2.74. The second-order valence-corrected chi connectivity index (χ2v) is 5.74. The molecule has 19 heavy (non-hydrogen) atoms. The first kappa shape index (κ1) is 15.4. The van der Waals surface area contributed by atoms with Crippen molar-refractivity contribution in [2.45, 2.75) is 32.8 Å². The Balaban J connectivity index is 2.23. The third kappa shape index (κ3) is 6.71. The summed E-state index contributed by atoms with van der Waals surface area (Å²) in [5, 5.41) is 4.93. The van der Waals surface area contributed by atoms with E-state index in [2.05, 4.69) is 10.3 Å². The van der Waals surface area contributed by atoms with E-state index in [9.17, 15) is 9.59 Å². The molecule has 0 bridgehead atoms. The quantitative estimate of drug-likeness (QED) is 0.666. The van der Waals surface area contributed by atoms with Crippen LogP contribution in [0, 0.1) is 0 Å². The number of alkyl carbamates (subject to hydrolysis) is 1. The SMILES string of the molecule is CC(C)(C)OC(=O)NCCC=Cc1csc(C=O)n1. The van der Waals surface area contributed by atoms with Crippen LogP contribution in [0.25, 0.3) is 6.08 Å². The number of hydrogen-bond acceptors (Lipinski definition) is 5. The smallest absolute Gasteiger partial charge is 0.407 e. The molecule has 0 fully saturated rings. The molecule has 5 nitrogen and oxygen atoms in total. The number of rotatable bonds is 5. The number of nitrogens with zero attached hydrogens (tertiary/aromatic N) is 1. The molecule has 0 atom stereocenters. The molecule has 0 unspecified atom stereocenters. The highest BCUT2D eigenvalue weighted by Gasteiger charge is 2.15. The van der Waals surface area contributed by atoms with Gasteiger partial charge in [0.25, 0.3) is 0 Å². The van der Waals surface area contributed by atoms with Crippen LogP contribution in [0.4, 0.5) is 4.79 Å². The minimum absolute atomic E-state index is 0.419. The fourth-order valence-electron chi connectivity index (χ4n) is 1.21. The molecule has 0 aliphatic carbocycles. The van der Waals surface area contributed by atoms with E-state index in [0.29, 0.717) is 18.0 Å². The predicted molar refractivity (Wildman–Crippen MR) is 75.4 cm³/mol. The number of amides is 1. The normalized spacial score (nSPS) is 11.5. The number of ether oxygens (including phenoxy) is 1. The van der Waals surface area contributed by atoms with Gasteiger partial charge < -0.3 is 10.1 Å². The van der Waals surface area contributed by atoms with E-state index >= 15 is 0 Å². The van der Waals surface area contributed by atoms with Gasteiger partial charge in [0.1, 0.15) is 5.60 Å². The highest BCUT2D eigenvalue weighted by Crippen LogP contribution is 2.09. The maximum atomic E-state index is 11.3. The summed E-state index contributed by atoms with van der Waals surface area (Å²) in [6.07, 6.45) is 4.69. The Bertz CT molecular complexity index is 461. The fraction of sp³-hybridized carbons (Fsp3) is 0.462. The molecule has 1 rings (SSSR count). The molecule has 6 heteroatoms. The Kier molecular flexibility index (Phi) is 5.69. The molecule has 0 spiro atoms. The summed E-state index contributed by atoms with van der Waals surface area (Å²) >= 11 is 1.30. The summed E-state index contributed by atoms with van der Waals surface area (Å²) in [5.41, 5.74) is 0.274. The standard InChI is InChI=1S/C13H18N2O3S/c1-13(2,3)18-12(17)14-7-5-4-6-10-9-19-11(8-16)15-10/h4,6,8-9H,5,7H2,1-3H3,(H,14,17). The second-order valence-electron chi connectivity index (χ2n) is 4.85. The Morgan fingerprint density at radius 2 is 2.26 bits per heavy atom. The Labute approximate surface area is 116 Å². The lowest BCUT2D eigenvalue weighted by Gasteiger charge is -2.19. The maximum Gasteiger partial charge on any atom is 0.407 e. The third-order valence-electron chi connectivity index (χ3n) is 1.91. The zero-order valence-corrected chi connectivity index (χ0v) is 12.1. The molecule has 1 amide bonds. The van der Waals surface area contributed by atoms with Crippen molar-refractivity contribution in [3.8, 4) is 0 Å². The van der Waals surface area contributed by atoms with Gasteiger partial charge in [0.2, 0.25) is 0 Å². The van der Waals surface area contributed by atoms with Gasteiger partial charge in [-0.2, -0.15) is 0 Å². The van der Waals surface area contributed by atoms with Crippen molar-refractivity contribution in [3.63, 3.8) is 0 Å². The minimum Gasteiger partial charge on any atom is -0.444 e. The summed E-state index contributed by atoms with van der Waals surface area (Å²) in [7, 11) is 0. The van der Waals surface area contributed by atoms with Gasteiger partial charge in [0.05, 0.1) is 5.69 Å². The lowest BCUT2D eigenvalue weighted by atomic mass is 10.2. The highest BCUT2D eigenvalue weighted by molar-refractivity contribution is 7.11. The lowest BCUT2D eigenvalue weighted by Crippen LogP contribution is -2.32. The molecule has 0 aromatic carbocycles. The van der Waals surface area contributed by atoms with E-state index < -0.39 is 11.7 Å². The van der Waals surface area contributed by atoms with Crippen LogP contribution in [0.1, 0.15) is 42.7 Å². The van der Waals surface area contributed by atoms with E-state index in [1.54, 1.807) is 0 Å². The molecule has 0 saturated carbocycles. The van der Waals surface area contributed by atoms with E-state index in [0.717, 1.165) is 12.0 Å². The van der Waals surface area contributed by atoms with Crippen LogP contribution in [-0.2, 0) is 4.74 Å². The molecule has 1 heterocycles. The number of aldehydes is 1. The third-order valence-corrected chi connectivity index (χ3v) is 2.70. The van der Waals surface area contributed by atoms with Gasteiger partial charge in [-0.05, 0) is 33.3 Å². The molecular formula is C13H18N2O3S. The van der Waals surface area contributed by atoms with Gasteiger partial charge in [-0.15, -0.1) is 11.3 Å². The van der Waals surface area contributed by atoms with Crippen molar-refractivity contribution in [2.75, 3.05) is 6.54 Å². The summed E-state index contributed by atoms with van der Waals surface area (Å²) in [6.45, 7) is 5.95. The minimum atomic E-state index is -0.480. The molecule has 1 aromatic heterocycles. The van der Waals surface area contributed by atoms with Gasteiger partial charge in [0.15, 0.2) is 11.3 Å². The predicted octanol–water partition coefficient (Wildman–Crippen LogP) is 2.88. The van der Waals surface area contributed by atoms with Crippen LogP contribution in [-0.4, -0.2) is 29.5 Å². The first-order chi connectivity index (χ1) is 8.90. The topological polar surface area (TPSA) is 68.3 Å². The molecular weight excluding hydrogens is 264 g/mol. The summed E-state index contributed by atoms with van der Waals surface area (Å²) in [4.78, 5) is 25.8. The lowest BCUT2D eigenvalue weighted by molar-refractivity contribution is 0.0528. The number of thiazole rings is 1. The molecule has 0 radical (unpaired) electrons. The van der Waals surface area contributed by atoms with E-state index in [1.807, 2.05) is 38.3 Å². The van der Waals surface area contributed by atoms with Gasteiger partial charge >= 0.3 is 6.09 Å². The molecule has 1 aromatic rings. The van der Waals surface area contributed by atoms with Crippen LogP contribution in [0.3, 0.4) is 0 Å². The van der Waals surface area contributed by atoms with E-state index in [4.69, 9.17) is 4.74 Å². The first-order valence-electron chi connectivity index (χ1n) is 5.95. The van der Waals surface area contributed by atoms with Crippen LogP contribution < -0.4 is 5.32 Å². The molecule has 0 aliphatic heterocycles. The summed E-state index contributed by atoms with van der Waals surface area (Å²) < 4.78 is 5.10. The Morgan fingerprint density at radius 1 is 1.53 bits per heavy atom. The number of aromatic nitrogens is 1. The zero-order valence-electron chi connectivity index (χ0n) is 11.3. The monoisotopic (exact) mass is 282 g/mol. The van der Waals surface area contributed by atoms with Gasteiger partial charge in [-0.3, -0.25) is 4.79 Å². The van der Waals surface area contributed by atoms with Crippen LogP contribution in [0.15, 0.2) is 11.5 Å². The molecule has 0 saturated heterocycles. The number of carbonyl (C=O) groups is 2. The summed E-state index contributed by atoms with van der Waals surface area (Å²) in [6, 6.07) is 0. The van der Waals surface area contributed by atoms with E-state index in [1.165, 1.54) is 11.3 Å². The Morgan fingerprint density at radius 3 is 2.84 bits per heavy atom. The fourth-order valence-corrected chi connectivity index (χ4v) is 1.79. The van der Waals surface area contributed by atoms with Crippen molar-refractivity contribution in [3.05, 3.63) is 22.2 Å². The first-order valence-corrected chi connectivity index (χ1v) is 6.83. The summed E-state index contributed by atoms with van der Waals surface area (Å²) in [5.74, 6) is 0. The van der Waals surface area contributed by atoms with Crippen molar-refractivity contribution in [2.24, 2.45) is 0 Å². The largest absolute Gasteiger partial charge is 0.444 e. The average molecular weight is 282 g/mol. The van der Waals surface area contributed by atoms with Gasteiger partial charge in [-0.1, -0.05) is 6.08 Å². The number of hydrogen-bond donors (Lipinski definition) is 1. The van der Waals surface area contributed by atoms with Crippen LogP contribution >= 0.6 is 11.3 Å². The maximum absolute atomic E-state index is 11.3. The highest BCUT2D eigenvalue weighted by atomic mass is 32.1. The molecule has 1 N–H and O–H groups in total. The second kappa shape index (κ2) is 7.04. The zero-order chi connectivity index (χ0) is 14.3. The molecule has 104 valence electrons. The van der Waals surface area contributed by atoms with Gasteiger partial charge in [0, 0.05) is 11.9 Å². The van der Waals surface area contributed by atoms with Crippen molar-refractivity contribution < 1.29 is 14.3 Å². The molecule has 0 aliphatic rings. The van der Waals surface area contributed by atoms with Gasteiger partial charge in [-0.25, -0.2) is 9.78 Å². The van der Waals surface area contributed by atoms with Crippen LogP contribution in [0.5, 0.6) is 0 Å². The van der Waals surface area contributed by atoms with Crippen LogP contribution in [0.2, 0.25) is 0 Å².